The number of carbonyl (C=O) groups excluding carboxylic acids is 2. The summed E-state index contributed by atoms with van der Waals surface area (Å²) in [6.45, 7) is 2.99. The van der Waals surface area contributed by atoms with Crippen LogP contribution in [-0.4, -0.2) is 41.5 Å². The molecule has 0 aliphatic carbocycles. The van der Waals surface area contributed by atoms with Gasteiger partial charge in [-0.2, -0.15) is 0 Å². The lowest BCUT2D eigenvalue weighted by atomic mass is 9.90. The molecule has 1 aromatic heterocycles. The highest BCUT2D eigenvalue weighted by Crippen LogP contribution is 2.29. The molecule has 1 aliphatic rings. The van der Waals surface area contributed by atoms with E-state index in [1.807, 2.05) is 29.2 Å². The maximum Gasteiger partial charge on any atom is 0.256 e. The van der Waals surface area contributed by atoms with Gasteiger partial charge >= 0.3 is 0 Å². The molecule has 0 N–H and O–H groups in total. The van der Waals surface area contributed by atoms with Crippen LogP contribution in [0.4, 0.5) is 0 Å². The molecule has 0 spiro atoms. The number of piperidine rings is 1. The number of hydrogen-bond acceptors (Lipinski definition) is 3. The largest absolute Gasteiger partial charge is 0.497 e. The molecular formula is C24H26N2O3. The summed E-state index contributed by atoms with van der Waals surface area (Å²) in [7, 11) is 1.60. The summed E-state index contributed by atoms with van der Waals surface area (Å²) in [6.07, 6.45) is 4.72. The van der Waals surface area contributed by atoms with E-state index in [1.54, 1.807) is 17.9 Å². The Morgan fingerprint density at radius 1 is 1.07 bits per heavy atom. The zero-order valence-electron chi connectivity index (χ0n) is 16.9. The van der Waals surface area contributed by atoms with Crippen LogP contribution >= 0.6 is 0 Å². The quantitative estimate of drug-likeness (QED) is 0.663. The van der Waals surface area contributed by atoms with Gasteiger partial charge in [0, 0.05) is 31.6 Å². The van der Waals surface area contributed by atoms with Gasteiger partial charge in [-0.15, -0.1) is 0 Å². The Morgan fingerprint density at radius 3 is 2.45 bits per heavy atom. The van der Waals surface area contributed by atoms with Crippen LogP contribution in [0, 0.1) is 5.92 Å². The minimum absolute atomic E-state index is 0.0126. The summed E-state index contributed by atoms with van der Waals surface area (Å²) in [5.41, 5.74) is 2.66. The van der Waals surface area contributed by atoms with Crippen molar-refractivity contribution >= 4 is 22.7 Å². The monoisotopic (exact) mass is 390 g/mol. The summed E-state index contributed by atoms with van der Waals surface area (Å²) < 4.78 is 6.87. The number of fused-ring (bicyclic) bond motifs is 1. The van der Waals surface area contributed by atoms with E-state index in [0.29, 0.717) is 17.2 Å². The average molecular weight is 390 g/mol. The van der Waals surface area contributed by atoms with Gasteiger partial charge in [0.15, 0.2) is 0 Å². The van der Waals surface area contributed by atoms with E-state index in [2.05, 4.69) is 24.3 Å². The Balaban J connectivity index is 1.53. The number of hydrogen-bond donors (Lipinski definition) is 0. The Bertz CT molecular complexity index is 1030. The molecule has 0 atom stereocenters. The van der Waals surface area contributed by atoms with Crippen molar-refractivity contribution in [3.05, 3.63) is 65.9 Å². The molecule has 1 amide bonds. The second-order valence-corrected chi connectivity index (χ2v) is 7.74. The number of nitrogens with zero attached hydrogens (tertiary/aromatic N) is 2. The Morgan fingerprint density at radius 2 is 1.79 bits per heavy atom. The van der Waals surface area contributed by atoms with Crippen molar-refractivity contribution in [3.63, 3.8) is 0 Å². The molecule has 1 aliphatic heterocycles. The molecule has 150 valence electrons. The molecule has 0 unspecified atom stereocenters. The maximum absolute atomic E-state index is 13.3. The predicted molar refractivity (Wildman–Crippen MR) is 114 cm³/mol. The minimum Gasteiger partial charge on any atom is -0.497 e. The first-order valence-electron chi connectivity index (χ1n) is 10.1. The molecule has 0 radical (unpaired) electrons. The number of methoxy groups -OCH3 is 1. The first kappa shape index (κ1) is 19.2. The fourth-order valence-electron chi connectivity index (χ4n) is 4.23. The summed E-state index contributed by atoms with van der Waals surface area (Å²) in [6, 6.07) is 16.0. The number of amides is 1. The van der Waals surface area contributed by atoms with Gasteiger partial charge in [-0.25, -0.2) is 0 Å². The van der Waals surface area contributed by atoms with Crippen molar-refractivity contribution in [2.45, 2.75) is 26.2 Å². The molecule has 2 aromatic carbocycles. The van der Waals surface area contributed by atoms with E-state index in [1.165, 1.54) is 12.5 Å². The lowest BCUT2D eigenvalue weighted by molar-refractivity contribution is 0.0692. The topological polar surface area (TPSA) is 51.5 Å². The smallest absolute Gasteiger partial charge is 0.256 e. The normalized spacial score (nSPS) is 14.9. The zero-order chi connectivity index (χ0) is 20.4. The van der Waals surface area contributed by atoms with Crippen LogP contribution in [0.2, 0.25) is 0 Å². The van der Waals surface area contributed by atoms with Crippen molar-refractivity contribution in [1.29, 1.82) is 0 Å². The van der Waals surface area contributed by atoms with E-state index in [-0.39, 0.29) is 11.8 Å². The molecule has 5 heteroatoms. The summed E-state index contributed by atoms with van der Waals surface area (Å²) in [4.78, 5) is 27.2. The SMILES string of the molecule is COc1ccc2c(c1)c(C(=O)N1CCC(Cc3ccccc3)CC1)cn2C(C)=O. The van der Waals surface area contributed by atoms with Crippen LogP contribution < -0.4 is 4.74 Å². The third-order valence-electron chi connectivity index (χ3n) is 5.85. The van der Waals surface area contributed by atoms with Gasteiger partial charge in [0.2, 0.25) is 5.91 Å². The van der Waals surface area contributed by atoms with Crippen molar-refractivity contribution in [2.75, 3.05) is 20.2 Å². The van der Waals surface area contributed by atoms with E-state index in [0.717, 1.165) is 43.3 Å². The second-order valence-electron chi connectivity index (χ2n) is 7.74. The number of carbonyl (C=O) groups is 2. The fourth-order valence-corrected chi connectivity index (χ4v) is 4.23. The number of aromatic nitrogens is 1. The molecule has 3 aromatic rings. The highest BCUT2D eigenvalue weighted by Gasteiger charge is 2.26. The third-order valence-corrected chi connectivity index (χ3v) is 5.85. The molecule has 0 bridgehead atoms. The van der Waals surface area contributed by atoms with Gasteiger partial charge in [-0.1, -0.05) is 30.3 Å². The van der Waals surface area contributed by atoms with Crippen molar-refractivity contribution in [3.8, 4) is 5.75 Å². The molecular weight excluding hydrogens is 364 g/mol. The van der Waals surface area contributed by atoms with Gasteiger partial charge in [-0.3, -0.25) is 14.2 Å². The van der Waals surface area contributed by atoms with Crippen LogP contribution in [-0.2, 0) is 6.42 Å². The van der Waals surface area contributed by atoms with Crippen molar-refractivity contribution in [2.24, 2.45) is 5.92 Å². The molecule has 5 nitrogen and oxygen atoms in total. The summed E-state index contributed by atoms with van der Waals surface area (Å²) in [5.74, 6) is 1.15. The summed E-state index contributed by atoms with van der Waals surface area (Å²) in [5, 5.41) is 0.760. The van der Waals surface area contributed by atoms with Crippen LogP contribution in [0.25, 0.3) is 10.9 Å². The van der Waals surface area contributed by atoms with Crippen molar-refractivity contribution in [1.82, 2.24) is 9.47 Å². The van der Waals surface area contributed by atoms with Gasteiger partial charge in [-0.05, 0) is 48.9 Å². The number of likely N-dealkylation sites (tertiary alicyclic amines) is 1. The van der Waals surface area contributed by atoms with Crippen LogP contribution in [0.15, 0.2) is 54.7 Å². The van der Waals surface area contributed by atoms with E-state index in [9.17, 15) is 9.59 Å². The predicted octanol–water partition coefficient (Wildman–Crippen LogP) is 4.40. The van der Waals surface area contributed by atoms with Gasteiger partial charge < -0.3 is 9.64 Å². The lowest BCUT2D eigenvalue weighted by Gasteiger charge is -2.32. The molecule has 0 saturated carbocycles. The van der Waals surface area contributed by atoms with Gasteiger partial charge in [0.1, 0.15) is 5.75 Å². The van der Waals surface area contributed by atoms with Crippen LogP contribution in [0.5, 0.6) is 5.75 Å². The van der Waals surface area contributed by atoms with E-state index >= 15 is 0 Å². The van der Waals surface area contributed by atoms with E-state index < -0.39 is 0 Å². The van der Waals surface area contributed by atoms with Gasteiger partial charge in [0.05, 0.1) is 18.2 Å². The number of ether oxygens (including phenoxy) is 1. The van der Waals surface area contributed by atoms with Crippen molar-refractivity contribution < 1.29 is 14.3 Å². The number of rotatable bonds is 4. The molecule has 2 heterocycles. The summed E-state index contributed by atoms with van der Waals surface area (Å²) >= 11 is 0. The zero-order valence-corrected chi connectivity index (χ0v) is 16.9. The molecule has 1 fully saturated rings. The Kier molecular flexibility index (Phi) is 5.38. The van der Waals surface area contributed by atoms with Crippen LogP contribution in [0.3, 0.4) is 0 Å². The average Bonchev–Trinajstić information content (AvgIpc) is 3.13. The number of benzene rings is 2. The first-order chi connectivity index (χ1) is 14.1. The van der Waals surface area contributed by atoms with Crippen LogP contribution in [0.1, 0.15) is 40.5 Å². The standard InChI is InChI=1S/C24H26N2O3/c1-17(27)26-16-22(21-15-20(29-2)8-9-23(21)26)24(28)25-12-10-19(11-13-25)14-18-6-4-3-5-7-18/h3-9,15-16,19H,10-14H2,1-2H3. The second kappa shape index (κ2) is 8.11. The Hall–Kier alpha value is -3.08. The molecule has 1 saturated heterocycles. The molecule has 29 heavy (non-hydrogen) atoms. The highest BCUT2D eigenvalue weighted by atomic mass is 16.5. The Labute approximate surface area is 170 Å². The maximum atomic E-state index is 13.3. The minimum atomic E-state index is -0.110. The third kappa shape index (κ3) is 3.90. The highest BCUT2D eigenvalue weighted by molar-refractivity contribution is 6.09. The van der Waals surface area contributed by atoms with E-state index in [4.69, 9.17) is 4.74 Å². The molecule has 4 rings (SSSR count). The fraction of sp³-hybridized carbons (Fsp3) is 0.333. The lowest BCUT2D eigenvalue weighted by Crippen LogP contribution is -2.38. The first-order valence-corrected chi connectivity index (χ1v) is 10.1. The van der Waals surface area contributed by atoms with Gasteiger partial charge in [0.25, 0.3) is 5.91 Å².